The molecular formula is C20H23FN2O2. The molecule has 132 valence electrons. The molecule has 2 aliphatic carbocycles. The molecule has 1 fully saturated rings. The standard InChI is InChI=1S/C20H23FN2O2/c1-19-12-14-13-22-23(17-5-3-16(21)4-6-17)18(14)11-15(19)7-9-20(19,25)8-2-10-24/h3-6,11,13,24-25H,2,7-10,12H2,1H3/t19-,20-/m0/s1. The average molecular weight is 342 g/mol. The van der Waals surface area contributed by atoms with E-state index in [2.05, 4.69) is 18.1 Å². The van der Waals surface area contributed by atoms with E-state index in [1.807, 2.05) is 10.9 Å². The topological polar surface area (TPSA) is 58.3 Å². The first-order valence-electron chi connectivity index (χ1n) is 8.84. The van der Waals surface area contributed by atoms with Gasteiger partial charge in [-0.15, -0.1) is 0 Å². The minimum atomic E-state index is -0.781. The number of aromatic nitrogens is 2. The van der Waals surface area contributed by atoms with Crippen molar-refractivity contribution < 1.29 is 14.6 Å². The van der Waals surface area contributed by atoms with Crippen LogP contribution in [0, 0.1) is 11.2 Å². The summed E-state index contributed by atoms with van der Waals surface area (Å²) in [5, 5.41) is 24.9. The van der Waals surface area contributed by atoms with Crippen LogP contribution in [0.3, 0.4) is 0 Å². The quantitative estimate of drug-likeness (QED) is 0.897. The Balaban J connectivity index is 1.73. The van der Waals surface area contributed by atoms with Crippen LogP contribution in [0.5, 0.6) is 0 Å². The zero-order valence-corrected chi connectivity index (χ0v) is 14.4. The van der Waals surface area contributed by atoms with E-state index in [0.717, 1.165) is 36.2 Å². The minimum Gasteiger partial charge on any atom is -0.396 e. The van der Waals surface area contributed by atoms with Gasteiger partial charge < -0.3 is 10.2 Å². The molecule has 2 aromatic rings. The van der Waals surface area contributed by atoms with Crippen LogP contribution in [-0.4, -0.2) is 32.2 Å². The molecule has 5 heteroatoms. The maximum Gasteiger partial charge on any atom is 0.123 e. The normalized spacial score (nSPS) is 27.8. The molecule has 25 heavy (non-hydrogen) atoms. The molecule has 1 aromatic carbocycles. The van der Waals surface area contributed by atoms with Crippen molar-refractivity contribution in [3.8, 4) is 5.69 Å². The van der Waals surface area contributed by atoms with Crippen molar-refractivity contribution >= 4 is 6.08 Å². The SMILES string of the molecule is C[C@]12Cc3cnn(-c4ccc(F)cc4)c3C=C1CC[C@@]2(O)CCCO. The van der Waals surface area contributed by atoms with Crippen LogP contribution in [0.2, 0.25) is 0 Å². The Hall–Kier alpha value is -1.98. The van der Waals surface area contributed by atoms with Gasteiger partial charge in [-0.25, -0.2) is 9.07 Å². The monoisotopic (exact) mass is 342 g/mol. The highest BCUT2D eigenvalue weighted by Gasteiger charge is 2.54. The van der Waals surface area contributed by atoms with Gasteiger partial charge in [0, 0.05) is 12.0 Å². The van der Waals surface area contributed by atoms with Crippen molar-refractivity contribution in [1.82, 2.24) is 9.78 Å². The Morgan fingerprint density at radius 1 is 1.28 bits per heavy atom. The molecule has 0 aliphatic heterocycles. The number of aliphatic hydroxyl groups excluding tert-OH is 1. The highest BCUT2D eigenvalue weighted by atomic mass is 19.1. The van der Waals surface area contributed by atoms with Crippen LogP contribution in [0.15, 0.2) is 36.0 Å². The van der Waals surface area contributed by atoms with Gasteiger partial charge in [0.1, 0.15) is 5.82 Å². The lowest BCUT2D eigenvalue weighted by Crippen LogP contribution is -2.45. The lowest BCUT2D eigenvalue weighted by atomic mass is 9.66. The van der Waals surface area contributed by atoms with Gasteiger partial charge in [-0.1, -0.05) is 12.5 Å². The van der Waals surface area contributed by atoms with Gasteiger partial charge in [0.25, 0.3) is 0 Å². The maximum absolute atomic E-state index is 13.2. The Morgan fingerprint density at radius 2 is 2.04 bits per heavy atom. The minimum absolute atomic E-state index is 0.102. The molecule has 2 aliphatic rings. The van der Waals surface area contributed by atoms with Crippen LogP contribution in [0.1, 0.15) is 43.9 Å². The Morgan fingerprint density at radius 3 is 2.76 bits per heavy atom. The number of halogens is 1. The fourth-order valence-corrected chi connectivity index (χ4v) is 4.49. The van der Waals surface area contributed by atoms with E-state index < -0.39 is 5.60 Å². The molecule has 0 saturated heterocycles. The van der Waals surface area contributed by atoms with Gasteiger partial charge in [-0.05, 0) is 68.0 Å². The molecule has 0 spiro atoms. The predicted molar refractivity (Wildman–Crippen MR) is 93.8 cm³/mol. The molecule has 1 aromatic heterocycles. The van der Waals surface area contributed by atoms with Crippen LogP contribution in [-0.2, 0) is 6.42 Å². The Kier molecular flexibility index (Phi) is 3.81. The maximum atomic E-state index is 13.2. The molecular weight excluding hydrogens is 319 g/mol. The first kappa shape index (κ1) is 16.5. The molecule has 2 atom stereocenters. The van der Waals surface area contributed by atoms with Crippen molar-refractivity contribution in [1.29, 1.82) is 0 Å². The third-order valence-corrected chi connectivity index (χ3v) is 6.10. The van der Waals surface area contributed by atoms with E-state index in [9.17, 15) is 9.50 Å². The predicted octanol–water partition coefficient (Wildman–Crippen LogP) is 3.25. The van der Waals surface area contributed by atoms with E-state index in [1.54, 1.807) is 12.1 Å². The highest BCUT2D eigenvalue weighted by Crippen LogP contribution is 2.56. The van der Waals surface area contributed by atoms with Gasteiger partial charge in [0.2, 0.25) is 0 Å². The summed E-state index contributed by atoms with van der Waals surface area (Å²) in [7, 11) is 0. The van der Waals surface area contributed by atoms with Crippen molar-refractivity contribution in [2.24, 2.45) is 5.41 Å². The fraction of sp³-hybridized carbons (Fsp3) is 0.450. The van der Waals surface area contributed by atoms with Crippen LogP contribution >= 0.6 is 0 Å². The molecule has 0 bridgehead atoms. The number of hydrogen-bond donors (Lipinski definition) is 2. The van der Waals surface area contributed by atoms with Crippen LogP contribution in [0.4, 0.5) is 4.39 Å². The Labute approximate surface area is 146 Å². The summed E-state index contributed by atoms with van der Waals surface area (Å²) in [6.45, 7) is 2.23. The second kappa shape index (κ2) is 5.78. The summed E-state index contributed by atoms with van der Waals surface area (Å²) < 4.78 is 15.0. The number of fused-ring (bicyclic) bond motifs is 2. The third kappa shape index (κ3) is 2.45. The molecule has 0 unspecified atom stereocenters. The van der Waals surface area contributed by atoms with E-state index in [4.69, 9.17) is 5.11 Å². The second-order valence-electron chi connectivity index (χ2n) is 7.48. The van der Waals surface area contributed by atoms with E-state index in [1.165, 1.54) is 17.7 Å². The Bertz CT molecular complexity index is 827. The fourth-order valence-electron chi connectivity index (χ4n) is 4.49. The average Bonchev–Trinajstić information content (AvgIpc) is 3.11. The number of rotatable bonds is 4. The van der Waals surface area contributed by atoms with Crippen molar-refractivity contribution in [2.75, 3.05) is 6.61 Å². The summed E-state index contributed by atoms with van der Waals surface area (Å²) in [6, 6.07) is 6.32. The number of hydrogen-bond acceptors (Lipinski definition) is 3. The summed E-state index contributed by atoms with van der Waals surface area (Å²) in [5.41, 5.74) is 3.09. The smallest absolute Gasteiger partial charge is 0.123 e. The van der Waals surface area contributed by atoms with Crippen molar-refractivity contribution in [3.05, 3.63) is 53.1 Å². The first-order chi connectivity index (χ1) is 12.0. The molecule has 2 N–H and O–H groups in total. The number of aliphatic hydroxyl groups is 2. The highest BCUT2D eigenvalue weighted by molar-refractivity contribution is 5.62. The number of nitrogens with zero attached hydrogens (tertiary/aromatic N) is 2. The molecule has 0 radical (unpaired) electrons. The third-order valence-electron chi connectivity index (χ3n) is 6.10. The van der Waals surface area contributed by atoms with E-state index in [0.29, 0.717) is 12.8 Å². The molecule has 1 saturated carbocycles. The van der Waals surface area contributed by atoms with Gasteiger partial charge in [-0.3, -0.25) is 0 Å². The van der Waals surface area contributed by atoms with Gasteiger partial charge in [-0.2, -0.15) is 5.10 Å². The van der Waals surface area contributed by atoms with Crippen molar-refractivity contribution in [2.45, 2.75) is 44.6 Å². The van der Waals surface area contributed by atoms with Crippen LogP contribution < -0.4 is 0 Å². The van der Waals surface area contributed by atoms with Gasteiger partial charge in [0.05, 0.1) is 23.2 Å². The second-order valence-corrected chi connectivity index (χ2v) is 7.48. The summed E-state index contributed by atoms with van der Waals surface area (Å²) in [5.74, 6) is -0.263. The summed E-state index contributed by atoms with van der Waals surface area (Å²) in [6.07, 6.45) is 7.53. The van der Waals surface area contributed by atoms with Crippen molar-refractivity contribution in [3.63, 3.8) is 0 Å². The first-order valence-corrected chi connectivity index (χ1v) is 8.84. The molecule has 4 nitrogen and oxygen atoms in total. The van der Waals surface area contributed by atoms with Crippen LogP contribution in [0.25, 0.3) is 11.8 Å². The zero-order chi connectivity index (χ0) is 17.7. The molecule has 0 amide bonds. The lowest BCUT2D eigenvalue weighted by molar-refractivity contribution is -0.0502. The zero-order valence-electron chi connectivity index (χ0n) is 14.4. The molecule has 1 heterocycles. The van der Waals surface area contributed by atoms with E-state index in [-0.39, 0.29) is 17.8 Å². The summed E-state index contributed by atoms with van der Waals surface area (Å²) >= 11 is 0. The number of benzene rings is 1. The van der Waals surface area contributed by atoms with Gasteiger partial charge >= 0.3 is 0 Å². The van der Waals surface area contributed by atoms with E-state index >= 15 is 0 Å². The largest absolute Gasteiger partial charge is 0.396 e. The van der Waals surface area contributed by atoms with Gasteiger partial charge in [0.15, 0.2) is 0 Å². The lowest BCUT2D eigenvalue weighted by Gasteiger charge is -2.42. The summed E-state index contributed by atoms with van der Waals surface area (Å²) in [4.78, 5) is 0. The molecule has 4 rings (SSSR count).